The lowest BCUT2D eigenvalue weighted by molar-refractivity contribution is -0.137. The fourth-order valence-electron chi connectivity index (χ4n) is 5.38. The second-order valence-corrected chi connectivity index (χ2v) is 10.2. The highest BCUT2D eigenvalue weighted by Crippen LogP contribution is 2.39. The van der Waals surface area contributed by atoms with Crippen LogP contribution in [0.2, 0.25) is 0 Å². The molecule has 1 aliphatic carbocycles. The number of anilines is 1. The van der Waals surface area contributed by atoms with Gasteiger partial charge in [-0.1, -0.05) is 6.07 Å². The molecule has 4 aliphatic rings. The van der Waals surface area contributed by atoms with Crippen LogP contribution in [0.1, 0.15) is 60.9 Å². The minimum absolute atomic E-state index is 0.0394. The Bertz CT molecular complexity index is 1020. The number of carbonyl (C=O) groups is 3. The van der Waals surface area contributed by atoms with Crippen molar-refractivity contribution < 1.29 is 32.3 Å². The summed E-state index contributed by atoms with van der Waals surface area (Å²) < 4.78 is 43.3. The van der Waals surface area contributed by atoms with Gasteiger partial charge in [0.1, 0.15) is 12.3 Å². The van der Waals surface area contributed by atoms with E-state index in [4.69, 9.17) is 4.74 Å². The normalized spacial score (nSPS) is 26.7. The van der Waals surface area contributed by atoms with E-state index in [0.29, 0.717) is 37.5 Å². The number of fused-ring (bicyclic) bond motifs is 1. The predicted octanol–water partition coefficient (Wildman–Crippen LogP) is 2.71. The Morgan fingerprint density at radius 1 is 1.11 bits per heavy atom. The molecule has 8 nitrogen and oxygen atoms in total. The number of halogens is 3. The number of hydrogen-bond donors (Lipinski definition) is 2. The number of rotatable bonds is 8. The van der Waals surface area contributed by atoms with Crippen molar-refractivity contribution in [2.75, 3.05) is 24.6 Å². The summed E-state index contributed by atoms with van der Waals surface area (Å²) in [5, 5.41) is 5.19. The van der Waals surface area contributed by atoms with Crippen molar-refractivity contribution >= 4 is 23.4 Å². The van der Waals surface area contributed by atoms with Gasteiger partial charge < -0.3 is 14.5 Å². The van der Waals surface area contributed by atoms with Crippen molar-refractivity contribution in [3.63, 3.8) is 0 Å². The minimum atomic E-state index is -4.20. The van der Waals surface area contributed by atoms with Crippen LogP contribution in [0.15, 0.2) is 18.2 Å². The van der Waals surface area contributed by atoms with Crippen molar-refractivity contribution in [2.45, 2.75) is 76.0 Å². The number of ether oxygens (including phenoxy) is 1. The van der Waals surface area contributed by atoms with Crippen LogP contribution in [0.3, 0.4) is 0 Å². The molecule has 3 amide bonds. The number of imide groups is 1. The Hall–Kier alpha value is -2.66. The van der Waals surface area contributed by atoms with Gasteiger partial charge in [0.15, 0.2) is 0 Å². The zero-order chi connectivity index (χ0) is 25.4. The van der Waals surface area contributed by atoms with Crippen LogP contribution >= 0.6 is 0 Å². The van der Waals surface area contributed by atoms with E-state index < -0.39 is 30.8 Å². The Labute approximate surface area is 207 Å². The lowest BCUT2D eigenvalue weighted by Crippen LogP contribution is -2.52. The maximum atomic E-state index is 13.3. The van der Waals surface area contributed by atoms with Gasteiger partial charge in [-0.05, 0) is 50.2 Å². The molecule has 0 spiro atoms. The summed E-state index contributed by atoms with van der Waals surface area (Å²) >= 11 is 0. The standard InChI is InChI=1S/C25H31F3N4O4/c26-25(27,28)10-11-29-22-9-6-16(14-36-22)31(12-15-4-5-15)19-3-1-2-17-18(19)13-32(24(17)35)20-7-8-21(33)30-23(20)34/h1-3,15-16,20,22,29H,4-14H2,(H,30,33,34)/t16-,20?,22+/m1/s1. The highest BCUT2D eigenvalue weighted by Gasteiger charge is 2.41. The van der Waals surface area contributed by atoms with Crippen molar-refractivity contribution in [3.05, 3.63) is 29.3 Å². The van der Waals surface area contributed by atoms with E-state index in [1.807, 2.05) is 12.1 Å². The molecule has 3 fully saturated rings. The maximum Gasteiger partial charge on any atom is 0.390 e. The van der Waals surface area contributed by atoms with Gasteiger partial charge in [-0.25, -0.2) is 0 Å². The SMILES string of the molecule is O=C1CCC(N2Cc3c(cccc3N(CC3CC3)[C@@H]3CC[C@@H](NCCC(F)(F)F)OC3)C2=O)C(=O)N1. The Balaban J connectivity index is 1.29. The van der Waals surface area contributed by atoms with Gasteiger partial charge in [-0.3, -0.25) is 25.0 Å². The molecular formula is C25H31F3N4O4. The topological polar surface area (TPSA) is 91.0 Å². The number of nitrogens with one attached hydrogen (secondary N) is 2. The molecule has 36 heavy (non-hydrogen) atoms. The molecule has 0 aromatic heterocycles. The van der Waals surface area contributed by atoms with Gasteiger partial charge in [0.2, 0.25) is 11.8 Å². The van der Waals surface area contributed by atoms with Gasteiger partial charge in [0.25, 0.3) is 5.91 Å². The number of hydrogen-bond acceptors (Lipinski definition) is 6. The molecule has 3 aliphatic heterocycles. The summed E-state index contributed by atoms with van der Waals surface area (Å²) in [5.41, 5.74) is 2.39. The third-order valence-corrected chi connectivity index (χ3v) is 7.49. The number of benzene rings is 1. The summed E-state index contributed by atoms with van der Waals surface area (Å²) in [6.45, 7) is 1.33. The fraction of sp³-hybridized carbons (Fsp3) is 0.640. The molecule has 1 unspecified atom stereocenters. The Morgan fingerprint density at radius 2 is 1.92 bits per heavy atom. The monoisotopic (exact) mass is 508 g/mol. The molecule has 1 saturated carbocycles. The van der Waals surface area contributed by atoms with Crippen LogP contribution in [-0.4, -0.2) is 66.8 Å². The number of alkyl halides is 3. The van der Waals surface area contributed by atoms with Crippen LogP contribution < -0.4 is 15.5 Å². The number of nitrogens with zero attached hydrogens (tertiary/aromatic N) is 2. The Kier molecular flexibility index (Phi) is 6.95. The van der Waals surface area contributed by atoms with E-state index >= 15 is 0 Å². The minimum Gasteiger partial charge on any atom is -0.366 e. The molecule has 1 aromatic rings. The molecule has 2 saturated heterocycles. The molecule has 0 radical (unpaired) electrons. The van der Waals surface area contributed by atoms with Crippen molar-refractivity contribution in [3.8, 4) is 0 Å². The summed E-state index contributed by atoms with van der Waals surface area (Å²) in [5.74, 6) is -0.401. The number of carbonyl (C=O) groups excluding carboxylic acids is 3. The average Bonchev–Trinajstić information content (AvgIpc) is 3.59. The van der Waals surface area contributed by atoms with Crippen LogP contribution in [0.25, 0.3) is 0 Å². The summed E-state index contributed by atoms with van der Waals surface area (Å²) in [6.07, 6.45) is -1.35. The summed E-state index contributed by atoms with van der Waals surface area (Å²) in [6, 6.07) is 4.99. The van der Waals surface area contributed by atoms with Crippen LogP contribution in [0.4, 0.5) is 18.9 Å². The molecule has 196 valence electrons. The first kappa shape index (κ1) is 25.0. The average molecular weight is 509 g/mol. The van der Waals surface area contributed by atoms with E-state index in [-0.39, 0.29) is 30.8 Å². The largest absolute Gasteiger partial charge is 0.390 e. The van der Waals surface area contributed by atoms with Crippen LogP contribution in [-0.2, 0) is 20.9 Å². The number of piperidine rings is 1. The third-order valence-electron chi connectivity index (χ3n) is 7.49. The maximum absolute atomic E-state index is 13.3. The predicted molar refractivity (Wildman–Crippen MR) is 124 cm³/mol. The molecule has 0 bridgehead atoms. The third kappa shape index (κ3) is 5.51. The van der Waals surface area contributed by atoms with Crippen LogP contribution in [0, 0.1) is 5.92 Å². The van der Waals surface area contributed by atoms with E-state index in [1.54, 1.807) is 11.0 Å². The lowest BCUT2D eigenvalue weighted by Gasteiger charge is -2.39. The first-order valence-corrected chi connectivity index (χ1v) is 12.6. The van der Waals surface area contributed by atoms with Gasteiger partial charge in [-0.15, -0.1) is 0 Å². The van der Waals surface area contributed by atoms with Gasteiger partial charge >= 0.3 is 6.18 Å². The first-order valence-electron chi connectivity index (χ1n) is 12.6. The van der Waals surface area contributed by atoms with Gasteiger partial charge in [0, 0.05) is 42.9 Å². The molecule has 3 atom stereocenters. The van der Waals surface area contributed by atoms with Gasteiger partial charge in [-0.2, -0.15) is 13.2 Å². The second-order valence-electron chi connectivity index (χ2n) is 10.2. The molecular weight excluding hydrogens is 477 g/mol. The highest BCUT2D eigenvalue weighted by atomic mass is 19.4. The van der Waals surface area contributed by atoms with Crippen LogP contribution in [0.5, 0.6) is 0 Å². The molecule has 3 heterocycles. The highest BCUT2D eigenvalue weighted by molar-refractivity contribution is 6.06. The second kappa shape index (κ2) is 10.0. The van der Waals surface area contributed by atoms with E-state index in [0.717, 1.165) is 37.1 Å². The Morgan fingerprint density at radius 3 is 2.58 bits per heavy atom. The van der Waals surface area contributed by atoms with Crippen molar-refractivity contribution in [2.24, 2.45) is 5.92 Å². The zero-order valence-electron chi connectivity index (χ0n) is 20.0. The lowest BCUT2D eigenvalue weighted by atomic mass is 10.0. The molecule has 5 rings (SSSR count). The molecule has 2 N–H and O–H groups in total. The summed E-state index contributed by atoms with van der Waals surface area (Å²) in [7, 11) is 0. The fourth-order valence-corrected chi connectivity index (χ4v) is 5.38. The van der Waals surface area contributed by atoms with E-state index in [9.17, 15) is 27.6 Å². The molecule has 11 heteroatoms. The number of amides is 3. The van der Waals surface area contributed by atoms with Gasteiger partial charge in [0.05, 0.1) is 19.1 Å². The van der Waals surface area contributed by atoms with Crippen molar-refractivity contribution in [1.29, 1.82) is 0 Å². The smallest absolute Gasteiger partial charge is 0.366 e. The quantitative estimate of drug-likeness (QED) is 0.525. The van der Waals surface area contributed by atoms with E-state index in [2.05, 4.69) is 15.5 Å². The van der Waals surface area contributed by atoms with E-state index in [1.165, 1.54) is 0 Å². The molecule has 1 aromatic carbocycles. The first-order chi connectivity index (χ1) is 17.2. The summed E-state index contributed by atoms with van der Waals surface area (Å²) in [4.78, 5) is 41.1. The van der Waals surface area contributed by atoms with Crippen molar-refractivity contribution in [1.82, 2.24) is 15.5 Å². The zero-order valence-corrected chi connectivity index (χ0v) is 20.0.